The van der Waals surface area contributed by atoms with Gasteiger partial charge in [-0.2, -0.15) is 0 Å². The number of hydrogen-bond donors (Lipinski definition) is 2. The maximum absolute atomic E-state index is 12.1. The van der Waals surface area contributed by atoms with E-state index in [2.05, 4.69) is 4.72 Å². The number of rotatable bonds is 7. The summed E-state index contributed by atoms with van der Waals surface area (Å²) in [5.74, 6) is -1.53. The number of nitrogens with one attached hydrogen (secondary N) is 1. The van der Waals surface area contributed by atoms with Crippen LogP contribution in [0.1, 0.15) is 23.0 Å². The topological polar surface area (TPSA) is 110 Å². The van der Waals surface area contributed by atoms with Crippen molar-refractivity contribution >= 4 is 43.4 Å². The Morgan fingerprint density at radius 1 is 1.30 bits per heavy atom. The molecule has 2 aromatic rings. The van der Waals surface area contributed by atoms with Crippen LogP contribution in [0.4, 0.5) is 0 Å². The highest BCUT2D eigenvalue weighted by atomic mass is 32.2. The molecule has 1 aromatic heterocycles. The fourth-order valence-corrected chi connectivity index (χ4v) is 3.87. The Morgan fingerprint density at radius 3 is 2.70 bits per heavy atom. The van der Waals surface area contributed by atoms with Crippen LogP contribution in [-0.2, 0) is 19.6 Å². The minimum absolute atomic E-state index is 0.0172. The third-order valence-corrected chi connectivity index (χ3v) is 5.46. The van der Waals surface area contributed by atoms with Crippen molar-refractivity contribution in [2.45, 2.75) is 18.2 Å². The molecule has 23 heavy (non-hydrogen) atoms. The van der Waals surface area contributed by atoms with Crippen LogP contribution in [0, 0.1) is 0 Å². The van der Waals surface area contributed by atoms with Gasteiger partial charge < -0.3 is 9.84 Å². The van der Waals surface area contributed by atoms with Gasteiger partial charge in [0.05, 0.1) is 17.9 Å². The van der Waals surface area contributed by atoms with E-state index in [0.717, 1.165) is 4.70 Å². The smallest absolute Gasteiger partial charge is 0.348 e. The highest BCUT2D eigenvalue weighted by molar-refractivity contribution is 7.89. The van der Waals surface area contributed by atoms with E-state index in [-0.39, 0.29) is 24.5 Å². The van der Waals surface area contributed by atoms with Gasteiger partial charge in [0.2, 0.25) is 10.0 Å². The van der Waals surface area contributed by atoms with Gasteiger partial charge in [-0.1, -0.05) is 0 Å². The van der Waals surface area contributed by atoms with Crippen molar-refractivity contribution in [1.82, 2.24) is 4.72 Å². The summed E-state index contributed by atoms with van der Waals surface area (Å²) in [7, 11) is -3.79. The van der Waals surface area contributed by atoms with Crippen LogP contribution in [0.25, 0.3) is 10.1 Å². The van der Waals surface area contributed by atoms with Crippen molar-refractivity contribution in [2.75, 3.05) is 13.2 Å². The molecule has 0 saturated heterocycles. The number of aliphatic carboxylic acids is 1. The van der Waals surface area contributed by atoms with E-state index < -0.39 is 22.0 Å². The summed E-state index contributed by atoms with van der Waals surface area (Å²) >= 11 is 1.22. The van der Waals surface area contributed by atoms with E-state index >= 15 is 0 Å². The molecule has 0 amide bonds. The highest BCUT2D eigenvalue weighted by Gasteiger charge is 2.17. The molecule has 0 unspecified atom stereocenters. The van der Waals surface area contributed by atoms with Gasteiger partial charge in [-0.3, -0.25) is 4.79 Å². The van der Waals surface area contributed by atoms with Gasteiger partial charge in [-0.15, -0.1) is 11.3 Å². The van der Waals surface area contributed by atoms with Crippen LogP contribution in [0.2, 0.25) is 0 Å². The fraction of sp³-hybridized carbons (Fsp3) is 0.286. The monoisotopic (exact) mass is 357 g/mol. The number of fused-ring (bicyclic) bond motifs is 1. The molecule has 0 atom stereocenters. The van der Waals surface area contributed by atoms with Crippen LogP contribution < -0.4 is 4.72 Å². The Labute approximate surface area is 136 Å². The fourth-order valence-electron chi connectivity index (χ4n) is 1.87. The largest absolute Gasteiger partial charge is 0.481 e. The third kappa shape index (κ3) is 4.27. The molecular weight excluding hydrogens is 342 g/mol. The van der Waals surface area contributed by atoms with Crippen molar-refractivity contribution in [2.24, 2.45) is 0 Å². The zero-order valence-corrected chi connectivity index (χ0v) is 13.9. The van der Waals surface area contributed by atoms with E-state index in [4.69, 9.17) is 9.84 Å². The second-order valence-corrected chi connectivity index (χ2v) is 7.42. The van der Waals surface area contributed by atoms with Gasteiger partial charge in [-0.25, -0.2) is 17.9 Å². The number of thiophene rings is 1. The average molecular weight is 357 g/mol. The van der Waals surface area contributed by atoms with Crippen LogP contribution in [0.5, 0.6) is 0 Å². The van der Waals surface area contributed by atoms with E-state index in [0.29, 0.717) is 10.3 Å². The second-order valence-electron chi connectivity index (χ2n) is 4.57. The average Bonchev–Trinajstić information content (AvgIpc) is 2.90. The molecule has 0 radical (unpaired) electrons. The van der Waals surface area contributed by atoms with Gasteiger partial charge in [0.1, 0.15) is 4.88 Å². The van der Waals surface area contributed by atoms with Gasteiger partial charge in [-0.05, 0) is 36.6 Å². The van der Waals surface area contributed by atoms with Crippen molar-refractivity contribution in [3.05, 3.63) is 29.1 Å². The minimum Gasteiger partial charge on any atom is -0.481 e. The molecule has 7 nitrogen and oxygen atoms in total. The Hall–Kier alpha value is -1.97. The molecule has 0 aliphatic rings. The summed E-state index contributed by atoms with van der Waals surface area (Å²) in [6.45, 7) is 1.78. The molecule has 9 heteroatoms. The number of carboxylic acid groups (broad SMARTS) is 1. The summed E-state index contributed by atoms with van der Waals surface area (Å²) < 4.78 is 32.1. The summed E-state index contributed by atoms with van der Waals surface area (Å²) in [5.41, 5.74) is 0. The molecule has 0 aliphatic heterocycles. The lowest BCUT2D eigenvalue weighted by molar-refractivity contribution is -0.136. The lowest BCUT2D eigenvalue weighted by atomic mass is 10.2. The number of carbonyl (C=O) groups is 2. The van der Waals surface area contributed by atoms with Crippen molar-refractivity contribution < 1.29 is 27.9 Å². The molecule has 0 spiro atoms. The Balaban J connectivity index is 2.25. The zero-order valence-electron chi connectivity index (χ0n) is 12.2. The quantitative estimate of drug-likeness (QED) is 0.732. The first-order valence-corrected chi connectivity index (χ1v) is 9.05. The van der Waals surface area contributed by atoms with Crippen molar-refractivity contribution in [3.63, 3.8) is 0 Å². The van der Waals surface area contributed by atoms with Crippen LogP contribution in [0.3, 0.4) is 0 Å². The van der Waals surface area contributed by atoms with E-state index in [1.165, 1.54) is 23.5 Å². The van der Waals surface area contributed by atoms with Gasteiger partial charge in [0.15, 0.2) is 0 Å². The number of benzene rings is 1. The molecule has 0 fully saturated rings. The number of ether oxygens (including phenoxy) is 1. The molecule has 1 aromatic carbocycles. The normalized spacial score (nSPS) is 11.5. The maximum Gasteiger partial charge on any atom is 0.348 e. The number of esters is 1. The molecule has 2 N–H and O–H groups in total. The first-order valence-electron chi connectivity index (χ1n) is 6.75. The first kappa shape index (κ1) is 17.4. The standard InChI is InChI=1S/C14H15NO6S2/c1-2-21-14(18)12-8-9-7-10(3-4-11(9)22-12)23(19,20)15-6-5-13(16)17/h3-4,7-8,15H,2,5-6H2,1H3,(H,16,17). The Kier molecular flexibility index (Phi) is 5.34. The number of hydrogen-bond acceptors (Lipinski definition) is 6. The molecule has 124 valence electrons. The predicted octanol–water partition coefficient (Wildman–Crippen LogP) is 1.83. The van der Waals surface area contributed by atoms with Gasteiger partial charge in [0, 0.05) is 11.2 Å². The minimum atomic E-state index is -3.79. The number of carbonyl (C=O) groups excluding carboxylic acids is 1. The summed E-state index contributed by atoms with van der Waals surface area (Å²) in [5, 5.41) is 9.15. The zero-order chi connectivity index (χ0) is 17.0. The summed E-state index contributed by atoms with van der Waals surface area (Å²) in [6.07, 6.45) is -0.299. The molecule has 0 aliphatic carbocycles. The maximum atomic E-state index is 12.1. The molecular formula is C14H15NO6S2. The molecule has 0 bridgehead atoms. The lowest BCUT2D eigenvalue weighted by Gasteiger charge is -2.05. The van der Waals surface area contributed by atoms with Crippen LogP contribution in [0.15, 0.2) is 29.2 Å². The lowest BCUT2D eigenvalue weighted by Crippen LogP contribution is -2.26. The highest BCUT2D eigenvalue weighted by Crippen LogP contribution is 2.28. The number of carboxylic acids is 1. The van der Waals surface area contributed by atoms with Crippen molar-refractivity contribution in [1.29, 1.82) is 0 Å². The Bertz CT molecular complexity index is 840. The molecule has 2 rings (SSSR count). The summed E-state index contributed by atoms with van der Waals surface area (Å²) in [4.78, 5) is 22.6. The SMILES string of the molecule is CCOC(=O)c1cc2cc(S(=O)(=O)NCCC(=O)O)ccc2s1. The van der Waals surface area contributed by atoms with Gasteiger partial charge in [0.25, 0.3) is 0 Å². The Morgan fingerprint density at radius 2 is 2.04 bits per heavy atom. The van der Waals surface area contributed by atoms with E-state index in [1.807, 2.05) is 0 Å². The molecule has 0 saturated carbocycles. The van der Waals surface area contributed by atoms with Gasteiger partial charge >= 0.3 is 11.9 Å². The molecule has 1 heterocycles. The van der Waals surface area contributed by atoms with Crippen LogP contribution >= 0.6 is 11.3 Å². The first-order chi connectivity index (χ1) is 10.8. The number of sulfonamides is 1. The summed E-state index contributed by atoms with van der Waals surface area (Å²) in [6, 6.07) is 6.04. The predicted molar refractivity (Wildman–Crippen MR) is 85.2 cm³/mol. The second kappa shape index (κ2) is 7.07. The third-order valence-electron chi connectivity index (χ3n) is 2.91. The van der Waals surface area contributed by atoms with E-state index in [1.54, 1.807) is 19.1 Å². The van der Waals surface area contributed by atoms with E-state index in [9.17, 15) is 18.0 Å². The van der Waals surface area contributed by atoms with Crippen molar-refractivity contribution in [3.8, 4) is 0 Å². The van der Waals surface area contributed by atoms with Crippen LogP contribution in [-0.4, -0.2) is 38.6 Å².